The first-order chi connectivity index (χ1) is 7.42. The monoisotopic (exact) mass is 202 g/mol. The minimum atomic E-state index is 0.799. The van der Waals surface area contributed by atoms with E-state index in [1.165, 1.54) is 0 Å². The van der Waals surface area contributed by atoms with Crippen molar-refractivity contribution in [3.8, 4) is 0 Å². The van der Waals surface area contributed by atoms with Gasteiger partial charge in [-0.15, -0.1) is 0 Å². The van der Waals surface area contributed by atoms with Gasteiger partial charge in [-0.2, -0.15) is 0 Å². The van der Waals surface area contributed by atoms with Crippen molar-refractivity contribution in [3.05, 3.63) is 42.5 Å². The van der Waals surface area contributed by atoms with Gasteiger partial charge in [-0.25, -0.2) is 10.0 Å². The Balaban J connectivity index is 2.17. The Kier molecular flexibility index (Phi) is 3.15. The smallest absolute Gasteiger partial charge is 0.228 e. The fraction of sp³-hybridized carbons (Fsp3) is 0.250. The highest BCUT2D eigenvalue weighted by Crippen LogP contribution is 2.15. The highest BCUT2D eigenvalue weighted by molar-refractivity contribution is 5.73. The SMILES string of the molecule is O=CN(c1ccccc1)N1CC=CCC1. The largest absolute Gasteiger partial charge is 0.277 e. The van der Waals surface area contributed by atoms with Gasteiger partial charge in [-0.1, -0.05) is 30.4 Å². The number of hydrogen-bond donors (Lipinski definition) is 0. The Morgan fingerprint density at radius 1 is 1.20 bits per heavy atom. The van der Waals surface area contributed by atoms with Crippen LogP contribution in [0.1, 0.15) is 6.42 Å². The summed E-state index contributed by atoms with van der Waals surface area (Å²) < 4.78 is 0. The molecule has 0 unspecified atom stereocenters. The normalized spacial score (nSPS) is 16.3. The minimum Gasteiger partial charge on any atom is -0.277 e. The molecule has 0 aromatic heterocycles. The molecule has 0 radical (unpaired) electrons. The van der Waals surface area contributed by atoms with Gasteiger partial charge in [0.2, 0.25) is 6.41 Å². The van der Waals surface area contributed by atoms with Crippen molar-refractivity contribution in [2.45, 2.75) is 6.42 Å². The average Bonchev–Trinajstić information content (AvgIpc) is 2.33. The molecule has 1 amide bonds. The van der Waals surface area contributed by atoms with Gasteiger partial charge in [0, 0.05) is 13.1 Å². The van der Waals surface area contributed by atoms with E-state index in [1.54, 1.807) is 5.01 Å². The first kappa shape index (κ1) is 9.93. The second-order valence-electron chi connectivity index (χ2n) is 3.46. The predicted octanol–water partition coefficient (Wildman–Crippen LogP) is 1.83. The molecule has 0 spiro atoms. The van der Waals surface area contributed by atoms with Crippen molar-refractivity contribution in [2.24, 2.45) is 0 Å². The van der Waals surface area contributed by atoms with Crippen LogP contribution >= 0.6 is 0 Å². The van der Waals surface area contributed by atoms with E-state index in [9.17, 15) is 4.79 Å². The lowest BCUT2D eigenvalue weighted by Crippen LogP contribution is -2.43. The van der Waals surface area contributed by atoms with Crippen molar-refractivity contribution in [2.75, 3.05) is 18.1 Å². The summed E-state index contributed by atoms with van der Waals surface area (Å²) >= 11 is 0. The molecule has 0 saturated carbocycles. The maximum Gasteiger partial charge on any atom is 0.228 e. The summed E-state index contributed by atoms with van der Waals surface area (Å²) in [6, 6.07) is 9.69. The number of para-hydroxylation sites is 1. The van der Waals surface area contributed by atoms with Crippen LogP contribution in [0.25, 0.3) is 0 Å². The Morgan fingerprint density at radius 3 is 2.60 bits per heavy atom. The number of hydrogen-bond acceptors (Lipinski definition) is 2. The molecule has 0 fully saturated rings. The van der Waals surface area contributed by atoms with Crippen LogP contribution < -0.4 is 5.01 Å². The molecule has 78 valence electrons. The summed E-state index contributed by atoms with van der Waals surface area (Å²) in [4.78, 5) is 11.1. The number of hydrazine groups is 1. The minimum absolute atomic E-state index is 0.799. The van der Waals surface area contributed by atoms with E-state index < -0.39 is 0 Å². The van der Waals surface area contributed by atoms with Crippen LogP contribution in [-0.2, 0) is 4.79 Å². The van der Waals surface area contributed by atoms with Crippen LogP contribution in [0.5, 0.6) is 0 Å². The molecule has 1 heterocycles. The van der Waals surface area contributed by atoms with Crippen LogP contribution in [0.3, 0.4) is 0 Å². The molecule has 0 aliphatic carbocycles. The van der Waals surface area contributed by atoms with Gasteiger partial charge in [-0.3, -0.25) is 4.79 Å². The highest BCUT2D eigenvalue weighted by atomic mass is 16.1. The molecule has 0 atom stereocenters. The summed E-state index contributed by atoms with van der Waals surface area (Å²) in [7, 11) is 0. The van der Waals surface area contributed by atoms with E-state index in [2.05, 4.69) is 12.2 Å². The molecule has 1 aliphatic heterocycles. The summed E-state index contributed by atoms with van der Waals surface area (Å²) in [6.07, 6.45) is 6.10. The molecule has 3 nitrogen and oxygen atoms in total. The third kappa shape index (κ3) is 2.25. The van der Waals surface area contributed by atoms with E-state index in [4.69, 9.17) is 0 Å². The zero-order chi connectivity index (χ0) is 10.5. The Morgan fingerprint density at radius 2 is 2.00 bits per heavy atom. The van der Waals surface area contributed by atoms with Gasteiger partial charge in [0.05, 0.1) is 5.69 Å². The van der Waals surface area contributed by atoms with E-state index in [0.717, 1.165) is 31.6 Å². The second-order valence-corrected chi connectivity index (χ2v) is 3.46. The third-order valence-electron chi connectivity index (χ3n) is 2.46. The van der Waals surface area contributed by atoms with Crippen molar-refractivity contribution in [1.82, 2.24) is 5.01 Å². The molecular weight excluding hydrogens is 188 g/mol. The van der Waals surface area contributed by atoms with Gasteiger partial charge >= 0.3 is 0 Å². The van der Waals surface area contributed by atoms with Gasteiger partial charge in [0.1, 0.15) is 0 Å². The molecule has 1 aliphatic rings. The second kappa shape index (κ2) is 4.75. The molecule has 0 N–H and O–H groups in total. The summed E-state index contributed by atoms with van der Waals surface area (Å²) in [5.41, 5.74) is 0.919. The third-order valence-corrected chi connectivity index (χ3v) is 2.46. The number of carbonyl (C=O) groups excluding carboxylic acids is 1. The molecule has 1 aromatic rings. The topological polar surface area (TPSA) is 23.6 Å². The average molecular weight is 202 g/mol. The van der Waals surface area contributed by atoms with Crippen LogP contribution in [0, 0.1) is 0 Å². The number of amides is 1. The summed E-state index contributed by atoms with van der Waals surface area (Å²) in [5, 5.41) is 3.70. The lowest BCUT2D eigenvalue weighted by atomic mass is 10.3. The fourth-order valence-electron chi connectivity index (χ4n) is 1.70. The van der Waals surface area contributed by atoms with Crippen LogP contribution in [0.4, 0.5) is 5.69 Å². The van der Waals surface area contributed by atoms with Crippen molar-refractivity contribution >= 4 is 12.1 Å². The van der Waals surface area contributed by atoms with Crippen molar-refractivity contribution < 1.29 is 4.79 Å². The first-order valence-electron chi connectivity index (χ1n) is 5.11. The maximum absolute atomic E-state index is 11.1. The van der Waals surface area contributed by atoms with Crippen LogP contribution in [0.2, 0.25) is 0 Å². The first-order valence-corrected chi connectivity index (χ1v) is 5.11. The van der Waals surface area contributed by atoms with Crippen LogP contribution in [-0.4, -0.2) is 24.5 Å². The van der Waals surface area contributed by atoms with E-state index in [0.29, 0.717) is 0 Å². The van der Waals surface area contributed by atoms with Gasteiger partial charge in [-0.05, 0) is 18.6 Å². The molecular formula is C12H14N2O. The number of rotatable bonds is 3. The standard InChI is InChI=1S/C12H14N2O/c15-11-14(12-7-3-1-4-8-12)13-9-5-2-6-10-13/h1-5,7-8,11H,6,9-10H2. The highest BCUT2D eigenvalue weighted by Gasteiger charge is 2.15. The number of carbonyl (C=O) groups is 1. The van der Waals surface area contributed by atoms with E-state index in [1.807, 2.05) is 35.3 Å². The molecule has 3 heteroatoms. The predicted molar refractivity (Wildman–Crippen MR) is 60.3 cm³/mol. The zero-order valence-electron chi connectivity index (χ0n) is 8.54. The quantitative estimate of drug-likeness (QED) is 0.551. The van der Waals surface area contributed by atoms with E-state index >= 15 is 0 Å². The fourth-order valence-corrected chi connectivity index (χ4v) is 1.70. The Hall–Kier alpha value is -1.61. The van der Waals surface area contributed by atoms with Crippen molar-refractivity contribution in [3.63, 3.8) is 0 Å². The number of anilines is 1. The van der Waals surface area contributed by atoms with Crippen molar-refractivity contribution in [1.29, 1.82) is 0 Å². The van der Waals surface area contributed by atoms with Gasteiger partial charge in [0.25, 0.3) is 0 Å². The lowest BCUT2D eigenvalue weighted by molar-refractivity contribution is -0.110. The summed E-state index contributed by atoms with van der Waals surface area (Å²) in [5.74, 6) is 0. The van der Waals surface area contributed by atoms with Gasteiger partial charge < -0.3 is 0 Å². The molecule has 1 aromatic carbocycles. The Labute approximate surface area is 89.6 Å². The summed E-state index contributed by atoms with van der Waals surface area (Å²) in [6.45, 7) is 1.69. The van der Waals surface area contributed by atoms with Crippen LogP contribution in [0.15, 0.2) is 42.5 Å². The lowest BCUT2D eigenvalue weighted by Gasteiger charge is -2.32. The van der Waals surface area contributed by atoms with E-state index in [-0.39, 0.29) is 0 Å². The maximum atomic E-state index is 11.1. The number of benzene rings is 1. The van der Waals surface area contributed by atoms with Gasteiger partial charge in [0.15, 0.2) is 0 Å². The molecule has 2 rings (SSSR count). The molecule has 0 saturated heterocycles. The molecule has 0 bridgehead atoms. The Bertz CT molecular complexity index is 348. The molecule has 15 heavy (non-hydrogen) atoms. The zero-order valence-corrected chi connectivity index (χ0v) is 8.54. The number of nitrogens with zero attached hydrogens (tertiary/aromatic N) is 2.